The molecule has 1 nitrogen and oxygen atoms in total. The molecule has 2 fully saturated rings. The quantitative estimate of drug-likeness (QED) is 0.620. The van der Waals surface area contributed by atoms with Crippen molar-refractivity contribution in [2.45, 2.75) is 56.2 Å². The van der Waals surface area contributed by atoms with Crippen molar-refractivity contribution in [1.29, 1.82) is 0 Å². The molecule has 0 spiro atoms. The Labute approximate surface area is 67.2 Å². The third-order valence-corrected chi connectivity index (χ3v) is 3.33. The smallest absolute Gasteiger partial charge is 0.128 e. The van der Waals surface area contributed by atoms with E-state index in [1.807, 2.05) is 0 Å². The molecule has 0 atom stereocenters. The monoisotopic (exact) mass is 157 g/mol. The summed E-state index contributed by atoms with van der Waals surface area (Å²) in [6.07, 6.45) is 6.51. The molecule has 2 aliphatic rings. The van der Waals surface area contributed by atoms with E-state index in [0.717, 1.165) is 25.7 Å². The second-order valence-corrected chi connectivity index (χ2v) is 4.18. The molecule has 0 aromatic heterocycles. The number of hydrogen-bond donors (Lipinski definition) is 1. The standard InChI is InChI=1S/C9H16FN/c10-8(9(11)6-7-9)4-2-1-3-5-8/h1-7,11H2. The molecule has 0 saturated heterocycles. The molecule has 2 saturated carbocycles. The van der Waals surface area contributed by atoms with Gasteiger partial charge in [0, 0.05) is 0 Å². The Kier molecular flexibility index (Phi) is 1.50. The van der Waals surface area contributed by atoms with Crippen molar-refractivity contribution in [3.8, 4) is 0 Å². The van der Waals surface area contributed by atoms with E-state index in [-0.39, 0.29) is 0 Å². The lowest BCUT2D eigenvalue weighted by Crippen LogP contribution is -2.48. The predicted molar refractivity (Wildman–Crippen MR) is 43.1 cm³/mol. The minimum atomic E-state index is -0.995. The van der Waals surface area contributed by atoms with Gasteiger partial charge in [-0.15, -0.1) is 0 Å². The van der Waals surface area contributed by atoms with Crippen molar-refractivity contribution >= 4 is 0 Å². The summed E-state index contributed by atoms with van der Waals surface area (Å²) in [7, 11) is 0. The maximum atomic E-state index is 14.0. The van der Waals surface area contributed by atoms with Gasteiger partial charge in [-0.3, -0.25) is 0 Å². The summed E-state index contributed by atoms with van der Waals surface area (Å²) >= 11 is 0. The van der Waals surface area contributed by atoms with Crippen LogP contribution in [0.2, 0.25) is 0 Å². The summed E-state index contributed by atoms with van der Waals surface area (Å²) in [5.41, 5.74) is 4.48. The number of halogens is 1. The SMILES string of the molecule is NC1(C2(F)CCCCC2)CC1. The van der Waals surface area contributed by atoms with Gasteiger partial charge in [-0.05, 0) is 25.7 Å². The number of alkyl halides is 1. The second-order valence-electron chi connectivity index (χ2n) is 4.18. The van der Waals surface area contributed by atoms with Crippen molar-refractivity contribution < 1.29 is 4.39 Å². The van der Waals surface area contributed by atoms with E-state index in [1.165, 1.54) is 6.42 Å². The van der Waals surface area contributed by atoms with Gasteiger partial charge in [0.2, 0.25) is 0 Å². The lowest BCUT2D eigenvalue weighted by molar-refractivity contribution is 0.0646. The molecule has 11 heavy (non-hydrogen) atoms. The molecule has 2 rings (SSSR count). The van der Waals surface area contributed by atoms with Crippen LogP contribution >= 0.6 is 0 Å². The Balaban J connectivity index is 2.07. The van der Waals surface area contributed by atoms with Crippen LogP contribution in [-0.4, -0.2) is 11.2 Å². The van der Waals surface area contributed by atoms with E-state index in [0.29, 0.717) is 12.8 Å². The van der Waals surface area contributed by atoms with E-state index < -0.39 is 11.2 Å². The Bertz CT molecular complexity index is 157. The lowest BCUT2D eigenvalue weighted by Gasteiger charge is -2.34. The van der Waals surface area contributed by atoms with Crippen molar-refractivity contribution in [3.63, 3.8) is 0 Å². The normalized spacial score (nSPS) is 33.3. The van der Waals surface area contributed by atoms with Crippen LogP contribution in [0.4, 0.5) is 4.39 Å². The molecule has 64 valence electrons. The highest BCUT2D eigenvalue weighted by atomic mass is 19.1. The zero-order valence-electron chi connectivity index (χ0n) is 6.91. The van der Waals surface area contributed by atoms with Gasteiger partial charge >= 0.3 is 0 Å². The third kappa shape index (κ3) is 1.08. The first-order valence-corrected chi connectivity index (χ1v) is 4.64. The van der Waals surface area contributed by atoms with Gasteiger partial charge in [0.25, 0.3) is 0 Å². The molecule has 0 radical (unpaired) electrons. The fourth-order valence-electron chi connectivity index (χ4n) is 2.19. The fraction of sp³-hybridized carbons (Fsp3) is 1.00. The van der Waals surface area contributed by atoms with Gasteiger partial charge in [-0.1, -0.05) is 19.3 Å². The summed E-state index contributed by atoms with van der Waals surface area (Å²) in [4.78, 5) is 0. The first-order chi connectivity index (χ1) is 5.16. The molecule has 0 unspecified atom stereocenters. The molecular weight excluding hydrogens is 141 g/mol. The topological polar surface area (TPSA) is 26.0 Å². The van der Waals surface area contributed by atoms with Gasteiger partial charge < -0.3 is 5.73 Å². The zero-order chi connectivity index (χ0) is 7.95. The molecule has 2 aliphatic carbocycles. The van der Waals surface area contributed by atoms with Crippen molar-refractivity contribution in [3.05, 3.63) is 0 Å². The molecule has 2 heteroatoms. The van der Waals surface area contributed by atoms with E-state index in [9.17, 15) is 4.39 Å². The van der Waals surface area contributed by atoms with Crippen LogP contribution in [0, 0.1) is 0 Å². The highest BCUT2D eigenvalue weighted by molar-refractivity contribution is 5.14. The first kappa shape index (κ1) is 7.53. The third-order valence-electron chi connectivity index (χ3n) is 3.33. The Hall–Kier alpha value is -0.110. The number of hydrogen-bond acceptors (Lipinski definition) is 1. The summed E-state index contributed by atoms with van der Waals surface area (Å²) in [6, 6.07) is 0. The van der Waals surface area contributed by atoms with Crippen molar-refractivity contribution in [1.82, 2.24) is 0 Å². The predicted octanol–water partition coefficient (Wildman–Crippen LogP) is 2.15. The minimum Gasteiger partial charge on any atom is -0.322 e. The zero-order valence-corrected chi connectivity index (χ0v) is 6.91. The molecule has 0 aromatic carbocycles. The van der Waals surface area contributed by atoms with Crippen LogP contribution in [0.3, 0.4) is 0 Å². The molecule has 2 N–H and O–H groups in total. The molecule has 0 bridgehead atoms. The van der Waals surface area contributed by atoms with Gasteiger partial charge in [-0.25, -0.2) is 4.39 Å². The highest BCUT2D eigenvalue weighted by Gasteiger charge is 2.57. The molecule has 0 heterocycles. The van der Waals surface area contributed by atoms with Crippen LogP contribution in [0.25, 0.3) is 0 Å². The molecule has 0 aromatic rings. The van der Waals surface area contributed by atoms with Crippen LogP contribution in [0.5, 0.6) is 0 Å². The van der Waals surface area contributed by atoms with E-state index >= 15 is 0 Å². The Morgan fingerprint density at radius 3 is 1.91 bits per heavy atom. The molecular formula is C9H16FN. The van der Waals surface area contributed by atoms with Gasteiger partial charge in [-0.2, -0.15) is 0 Å². The van der Waals surface area contributed by atoms with E-state index in [2.05, 4.69) is 0 Å². The number of nitrogens with two attached hydrogens (primary N) is 1. The summed E-state index contributed by atoms with van der Waals surface area (Å²) < 4.78 is 14.0. The van der Waals surface area contributed by atoms with Crippen molar-refractivity contribution in [2.75, 3.05) is 0 Å². The Morgan fingerprint density at radius 2 is 1.45 bits per heavy atom. The van der Waals surface area contributed by atoms with Gasteiger partial charge in [0.05, 0.1) is 5.54 Å². The number of rotatable bonds is 1. The Morgan fingerprint density at radius 1 is 0.909 bits per heavy atom. The average molecular weight is 157 g/mol. The largest absolute Gasteiger partial charge is 0.322 e. The van der Waals surface area contributed by atoms with Gasteiger partial charge in [0.1, 0.15) is 5.67 Å². The van der Waals surface area contributed by atoms with Crippen LogP contribution < -0.4 is 5.73 Å². The molecule has 0 aliphatic heterocycles. The lowest BCUT2D eigenvalue weighted by atomic mass is 9.79. The summed E-state index contributed by atoms with van der Waals surface area (Å²) in [5.74, 6) is 0. The fourth-order valence-corrected chi connectivity index (χ4v) is 2.19. The summed E-state index contributed by atoms with van der Waals surface area (Å²) in [6.45, 7) is 0. The highest BCUT2D eigenvalue weighted by Crippen LogP contribution is 2.51. The van der Waals surface area contributed by atoms with Crippen LogP contribution in [0.15, 0.2) is 0 Å². The molecule has 0 amide bonds. The van der Waals surface area contributed by atoms with Crippen molar-refractivity contribution in [2.24, 2.45) is 5.73 Å². The van der Waals surface area contributed by atoms with Gasteiger partial charge in [0.15, 0.2) is 0 Å². The van der Waals surface area contributed by atoms with E-state index in [4.69, 9.17) is 5.73 Å². The van der Waals surface area contributed by atoms with E-state index in [1.54, 1.807) is 0 Å². The first-order valence-electron chi connectivity index (χ1n) is 4.64. The maximum absolute atomic E-state index is 14.0. The average Bonchev–Trinajstić information content (AvgIpc) is 2.71. The van der Waals surface area contributed by atoms with Crippen LogP contribution in [0.1, 0.15) is 44.9 Å². The second kappa shape index (κ2) is 2.19. The summed E-state index contributed by atoms with van der Waals surface area (Å²) in [5, 5.41) is 0. The van der Waals surface area contributed by atoms with Crippen LogP contribution in [-0.2, 0) is 0 Å². The maximum Gasteiger partial charge on any atom is 0.128 e. The minimum absolute atomic E-state index is 0.409.